The Morgan fingerprint density at radius 2 is 1.92 bits per heavy atom. The van der Waals surface area contributed by atoms with E-state index < -0.39 is 5.97 Å². The summed E-state index contributed by atoms with van der Waals surface area (Å²) in [6.45, 7) is 0. The largest absolute Gasteiger partial charge is 0.481 e. The Morgan fingerprint density at radius 1 is 1.24 bits per heavy atom. The second kappa shape index (κ2) is 7.27. The van der Waals surface area contributed by atoms with Crippen LogP contribution in [0.15, 0.2) is 30.5 Å². The molecule has 0 bridgehead atoms. The molecule has 1 aromatic carbocycles. The smallest absolute Gasteiger partial charge is 0.306 e. The SMILES string of the molecule is Cn1cc(C(=O)NC2CCC(C(=O)O)CC2)c(-c2ccccc2Cl)n1. The summed E-state index contributed by atoms with van der Waals surface area (Å²) in [7, 11) is 1.76. The third-order valence-corrected chi connectivity index (χ3v) is 4.94. The third-order valence-electron chi connectivity index (χ3n) is 4.61. The molecule has 1 heterocycles. The highest BCUT2D eigenvalue weighted by atomic mass is 35.5. The Kier molecular flexibility index (Phi) is 5.08. The average molecular weight is 362 g/mol. The first-order valence-electron chi connectivity index (χ1n) is 8.28. The second-order valence-corrected chi connectivity index (χ2v) is 6.81. The molecule has 0 aliphatic heterocycles. The summed E-state index contributed by atoms with van der Waals surface area (Å²) in [5, 5.41) is 17.0. The maximum atomic E-state index is 12.7. The molecule has 3 rings (SSSR count). The third kappa shape index (κ3) is 3.85. The number of aliphatic carboxylic acids is 1. The van der Waals surface area contributed by atoms with E-state index in [1.807, 2.05) is 18.2 Å². The number of aromatic nitrogens is 2. The number of amides is 1. The van der Waals surface area contributed by atoms with E-state index in [4.69, 9.17) is 16.7 Å². The Morgan fingerprint density at radius 3 is 2.56 bits per heavy atom. The zero-order valence-electron chi connectivity index (χ0n) is 13.9. The molecular weight excluding hydrogens is 342 g/mol. The van der Waals surface area contributed by atoms with Crippen molar-refractivity contribution in [1.29, 1.82) is 0 Å². The molecule has 2 N–H and O–H groups in total. The second-order valence-electron chi connectivity index (χ2n) is 6.41. The van der Waals surface area contributed by atoms with Crippen LogP contribution in [0.4, 0.5) is 0 Å². The topological polar surface area (TPSA) is 84.2 Å². The predicted molar refractivity (Wildman–Crippen MR) is 94.5 cm³/mol. The minimum atomic E-state index is -0.752. The highest BCUT2D eigenvalue weighted by molar-refractivity contribution is 6.33. The standard InChI is InChI=1S/C18H20ClN3O3/c1-22-10-14(16(21-22)13-4-2-3-5-15(13)19)17(23)20-12-8-6-11(7-9-12)18(24)25/h2-5,10-12H,6-9H2,1H3,(H,20,23)(H,24,25). The molecule has 132 valence electrons. The lowest BCUT2D eigenvalue weighted by atomic mass is 9.86. The zero-order chi connectivity index (χ0) is 18.0. The average Bonchev–Trinajstić information content (AvgIpc) is 2.97. The van der Waals surface area contributed by atoms with E-state index >= 15 is 0 Å². The number of carboxylic acids is 1. The van der Waals surface area contributed by atoms with Crippen molar-refractivity contribution in [3.8, 4) is 11.3 Å². The number of halogens is 1. The highest BCUT2D eigenvalue weighted by Gasteiger charge is 2.28. The number of hydrogen-bond acceptors (Lipinski definition) is 3. The maximum Gasteiger partial charge on any atom is 0.306 e. The lowest BCUT2D eigenvalue weighted by Gasteiger charge is -2.26. The monoisotopic (exact) mass is 361 g/mol. The van der Waals surface area contributed by atoms with Crippen LogP contribution in [0.5, 0.6) is 0 Å². The van der Waals surface area contributed by atoms with Crippen LogP contribution in [0.25, 0.3) is 11.3 Å². The fourth-order valence-electron chi connectivity index (χ4n) is 3.25. The number of nitrogens with zero attached hydrogens (tertiary/aromatic N) is 2. The Hall–Kier alpha value is -2.34. The van der Waals surface area contributed by atoms with Crippen molar-refractivity contribution < 1.29 is 14.7 Å². The molecule has 1 aliphatic rings. The summed E-state index contributed by atoms with van der Waals surface area (Å²) in [6.07, 6.45) is 4.20. The molecule has 0 unspecified atom stereocenters. The fraction of sp³-hybridized carbons (Fsp3) is 0.389. The molecule has 0 atom stereocenters. The van der Waals surface area contributed by atoms with Gasteiger partial charge in [-0.05, 0) is 31.7 Å². The lowest BCUT2D eigenvalue weighted by molar-refractivity contribution is -0.142. The van der Waals surface area contributed by atoms with Crippen LogP contribution in [0.2, 0.25) is 5.02 Å². The quantitative estimate of drug-likeness (QED) is 0.876. The van der Waals surface area contributed by atoms with Gasteiger partial charge in [0, 0.05) is 24.8 Å². The summed E-state index contributed by atoms with van der Waals surface area (Å²) in [6, 6.07) is 7.27. The molecule has 0 saturated heterocycles. The molecule has 0 radical (unpaired) electrons. The first-order valence-corrected chi connectivity index (χ1v) is 8.65. The Bertz CT molecular complexity index is 795. The Balaban J connectivity index is 1.76. The van der Waals surface area contributed by atoms with Gasteiger partial charge in [-0.15, -0.1) is 0 Å². The summed E-state index contributed by atoms with van der Waals surface area (Å²) < 4.78 is 1.59. The van der Waals surface area contributed by atoms with Crippen LogP contribution >= 0.6 is 11.6 Å². The van der Waals surface area contributed by atoms with Gasteiger partial charge in [0.2, 0.25) is 0 Å². The van der Waals surface area contributed by atoms with Crippen molar-refractivity contribution in [2.45, 2.75) is 31.7 Å². The number of aryl methyl sites for hydroxylation is 1. The molecule has 1 amide bonds. The zero-order valence-corrected chi connectivity index (χ0v) is 14.7. The van der Waals surface area contributed by atoms with Gasteiger partial charge in [-0.1, -0.05) is 29.8 Å². The minimum absolute atomic E-state index is 0.0117. The van der Waals surface area contributed by atoms with Crippen molar-refractivity contribution in [3.63, 3.8) is 0 Å². The molecule has 25 heavy (non-hydrogen) atoms. The van der Waals surface area contributed by atoms with Gasteiger partial charge in [-0.2, -0.15) is 5.10 Å². The van der Waals surface area contributed by atoms with E-state index in [-0.39, 0.29) is 17.9 Å². The van der Waals surface area contributed by atoms with E-state index in [2.05, 4.69) is 10.4 Å². The normalized spacial score (nSPS) is 20.2. The van der Waals surface area contributed by atoms with Gasteiger partial charge in [0.05, 0.1) is 16.5 Å². The van der Waals surface area contributed by atoms with Crippen LogP contribution < -0.4 is 5.32 Å². The summed E-state index contributed by atoms with van der Waals surface area (Å²) in [4.78, 5) is 23.8. The van der Waals surface area contributed by atoms with Crippen molar-refractivity contribution in [2.24, 2.45) is 13.0 Å². The number of nitrogens with one attached hydrogen (secondary N) is 1. The van der Waals surface area contributed by atoms with Gasteiger partial charge in [0.25, 0.3) is 5.91 Å². The van der Waals surface area contributed by atoms with Crippen LogP contribution in [0.1, 0.15) is 36.0 Å². The number of carbonyl (C=O) groups is 2. The van der Waals surface area contributed by atoms with Gasteiger partial charge >= 0.3 is 5.97 Å². The molecule has 1 fully saturated rings. The van der Waals surface area contributed by atoms with Crippen molar-refractivity contribution in [1.82, 2.24) is 15.1 Å². The first-order chi connectivity index (χ1) is 12.0. The Labute approximate surface area is 150 Å². The molecule has 7 heteroatoms. The van der Waals surface area contributed by atoms with Gasteiger partial charge in [-0.25, -0.2) is 0 Å². The number of carbonyl (C=O) groups excluding carboxylic acids is 1. The van der Waals surface area contributed by atoms with Crippen LogP contribution in [-0.2, 0) is 11.8 Å². The van der Waals surface area contributed by atoms with Crippen LogP contribution in [0, 0.1) is 5.92 Å². The van der Waals surface area contributed by atoms with Gasteiger partial charge in [0.1, 0.15) is 5.69 Å². The van der Waals surface area contributed by atoms with Crippen molar-refractivity contribution in [3.05, 3.63) is 41.0 Å². The van der Waals surface area contributed by atoms with Crippen molar-refractivity contribution in [2.75, 3.05) is 0 Å². The predicted octanol–water partition coefficient (Wildman–Crippen LogP) is 3.11. The number of rotatable bonds is 4. The maximum absolute atomic E-state index is 12.7. The lowest BCUT2D eigenvalue weighted by Crippen LogP contribution is -2.38. The van der Waals surface area contributed by atoms with E-state index in [1.165, 1.54) is 0 Å². The summed E-state index contributed by atoms with van der Waals surface area (Å²) in [5.41, 5.74) is 1.73. The van der Waals surface area contributed by atoms with E-state index in [0.29, 0.717) is 47.5 Å². The summed E-state index contributed by atoms with van der Waals surface area (Å²) >= 11 is 6.25. The fourth-order valence-corrected chi connectivity index (χ4v) is 3.48. The minimum Gasteiger partial charge on any atom is -0.481 e. The van der Waals surface area contributed by atoms with Crippen molar-refractivity contribution >= 4 is 23.5 Å². The number of carboxylic acid groups (broad SMARTS) is 1. The highest BCUT2D eigenvalue weighted by Crippen LogP contribution is 2.30. The molecule has 0 spiro atoms. The van der Waals surface area contributed by atoms with Gasteiger partial charge in [0.15, 0.2) is 0 Å². The number of hydrogen-bond donors (Lipinski definition) is 2. The molecule has 1 saturated carbocycles. The van der Waals surface area contributed by atoms with Crippen LogP contribution in [-0.4, -0.2) is 32.8 Å². The molecular formula is C18H20ClN3O3. The first kappa shape index (κ1) is 17.5. The molecule has 6 nitrogen and oxygen atoms in total. The molecule has 2 aromatic rings. The van der Waals surface area contributed by atoms with Gasteiger partial charge < -0.3 is 10.4 Å². The van der Waals surface area contributed by atoms with Crippen LogP contribution in [0.3, 0.4) is 0 Å². The molecule has 1 aromatic heterocycles. The van der Waals surface area contributed by atoms with E-state index in [9.17, 15) is 9.59 Å². The summed E-state index contributed by atoms with van der Waals surface area (Å²) in [5.74, 6) is -1.26. The van der Waals surface area contributed by atoms with Gasteiger partial charge in [-0.3, -0.25) is 14.3 Å². The van der Waals surface area contributed by atoms with E-state index in [0.717, 1.165) is 0 Å². The van der Waals surface area contributed by atoms with E-state index in [1.54, 1.807) is 24.0 Å². The number of benzene rings is 1. The molecule has 1 aliphatic carbocycles.